The largest absolute Gasteiger partial charge is 0.508 e. The van der Waals surface area contributed by atoms with Gasteiger partial charge in [-0.1, -0.05) is 35.9 Å². The monoisotopic (exact) mass is 247 g/mol. The average Bonchev–Trinajstić information content (AvgIpc) is 2.29. The van der Waals surface area contributed by atoms with Crippen LogP contribution in [0.4, 0.5) is 5.69 Å². The Kier molecular flexibility index (Phi) is 3.55. The van der Waals surface area contributed by atoms with Crippen LogP contribution in [-0.4, -0.2) is 5.11 Å². The van der Waals surface area contributed by atoms with Crippen LogP contribution in [0.1, 0.15) is 18.5 Å². The van der Waals surface area contributed by atoms with Crippen LogP contribution in [0.15, 0.2) is 48.5 Å². The zero-order chi connectivity index (χ0) is 12.3. The number of halogens is 1. The predicted octanol–water partition coefficient (Wildman–Crippen LogP) is 4.22. The Morgan fingerprint density at radius 3 is 2.59 bits per heavy atom. The van der Waals surface area contributed by atoms with Gasteiger partial charge in [0.05, 0.1) is 0 Å². The van der Waals surface area contributed by atoms with Crippen LogP contribution in [0.25, 0.3) is 0 Å². The average molecular weight is 248 g/mol. The van der Waals surface area contributed by atoms with Gasteiger partial charge in [0.1, 0.15) is 5.75 Å². The van der Waals surface area contributed by atoms with Gasteiger partial charge in [0.2, 0.25) is 0 Å². The molecular weight excluding hydrogens is 234 g/mol. The number of hydrogen-bond donors (Lipinski definition) is 2. The van der Waals surface area contributed by atoms with Gasteiger partial charge in [-0.3, -0.25) is 0 Å². The number of nitrogens with one attached hydrogen (secondary N) is 1. The summed E-state index contributed by atoms with van der Waals surface area (Å²) in [6, 6.07) is 14.9. The number of rotatable bonds is 3. The molecular formula is C14H14ClNO. The molecule has 0 aliphatic rings. The van der Waals surface area contributed by atoms with Gasteiger partial charge in [0, 0.05) is 22.8 Å². The quantitative estimate of drug-likeness (QED) is 0.851. The molecule has 0 radical (unpaired) electrons. The van der Waals surface area contributed by atoms with Gasteiger partial charge in [-0.2, -0.15) is 0 Å². The molecule has 0 heterocycles. The lowest BCUT2D eigenvalue weighted by molar-refractivity contribution is 0.475. The standard InChI is InChI=1S/C14H14ClNO/c1-10(13-7-2-3-8-14(13)15)16-11-5-4-6-12(17)9-11/h2-10,16-17H,1H3. The third-order valence-corrected chi connectivity index (χ3v) is 2.95. The van der Waals surface area contributed by atoms with Gasteiger partial charge >= 0.3 is 0 Å². The van der Waals surface area contributed by atoms with Crippen molar-refractivity contribution in [2.24, 2.45) is 0 Å². The van der Waals surface area contributed by atoms with E-state index in [9.17, 15) is 5.11 Å². The minimum absolute atomic E-state index is 0.0884. The first-order valence-electron chi connectivity index (χ1n) is 5.47. The summed E-state index contributed by atoms with van der Waals surface area (Å²) in [5.74, 6) is 0.251. The number of aromatic hydroxyl groups is 1. The van der Waals surface area contributed by atoms with Gasteiger partial charge in [-0.05, 0) is 30.7 Å². The van der Waals surface area contributed by atoms with Crippen molar-refractivity contribution in [3.63, 3.8) is 0 Å². The van der Waals surface area contributed by atoms with E-state index in [4.69, 9.17) is 11.6 Å². The molecule has 0 saturated carbocycles. The van der Waals surface area contributed by atoms with E-state index in [0.717, 1.165) is 16.3 Å². The van der Waals surface area contributed by atoms with E-state index in [1.165, 1.54) is 0 Å². The zero-order valence-electron chi connectivity index (χ0n) is 9.52. The summed E-state index contributed by atoms with van der Waals surface area (Å²) in [4.78, 5) is 0. The van der Waals surface area contributed by atoms with Crippen molar-refractivity contribution in [1.82, 2.24) is 0 Å². The second-order valence-corrected chi connectivity index (χ2v) is 4.35. The fraction of sp³-hybridized carbons (Fsp3) is 0.143. The highest BCUT2D eigenvalue weighted by atomic mass is 35.5. The van der Waals surface area contributed by atoms with Gasteiger partial charge in [-0.25, -0.2) is 0 Å². The van der Waals surface area contributed by atoms with Crippen LogP contribution in [0.3, 0.4) is 0 Å². The molecule has 17 heavy (non-hydrogen) atoms. The highest BCUT2D eigenvalue weighted by molar-refractivity contribution is 6.31. The van der Waals surface area contributed by atoms with Crippen LogP contribution in [-0.2, 0) is 0 Å². The molecule has 0 aliphatic carbocycles. The molecule has 0 saturated heterocycles. The maximum Gasteiger partial charge on any atom is 0.117 e. The van der Waals surface area contributed by atoms with E-state index in [2.05, 4.69) is 5.32 Å². The van der Waals surface area contributed by atoms with Crippen molar-refractivity contribution in [2.75, 3.05) is 5.32 Å². The summed E-state index contributed by atoms with van der Waals surface area (Å²) in [6.07, 6.45) is 0. The molecule has 0 amide bonds. The fourth-order valence-electron chi connectivity index (χ4n) is 1.75. The maximum absolute atomic E-state index is 9.39. The van der Waals surface area contributed by atoms with E-state index in [0.29, 0.717) is 0 Å². The summed E-state index contributed by atoms with van der Waals surface area (Å²) in [5.41, 5.74) is 1.91. The Labute approximate surface area is 106 Å². The SMILES string of the molecule is CC(Nc1cccc(O)c1)c1ccccc1Cl. The summed E-state index contributed by atoms with van der Waals surface area (Å²) in [7, 11) is 0. The molecule has 2 aromatic rings. The lowest BCUT2D eigenvalue weighted by Crippen LogP contribution is -2.06. The summed E-state index contributed by atoms with van der Waals surface area (Å²) < 4.78 is 0. The van der Waals surface area contributed by atoms with Crippen molar-refractivity contribution in [3.05, 3.63) is 59.1 Å². The first kappa shape index (κ1) is 11.8. The lowest BCUT2D eigenvalue weighted by Gasteiger charge is -2.17. The Hall–Kier alpha value is -1.67. The summed E-state index contributed by atoms with van der Waals surface area (Å²) in [6.45, 7) is 2.03. The third kappa shape index (κ3) is 2.92. The smallest absolute Gasteiger partial charge is 0.117 e. The highest BCUT2D eigenvalue weighted by Gasteiger charge is 2.08. The molecule has 88 valence electrons. The predicted molar refractivity (Wildman–Crippen MR) is 71.6 cm³/mol. The molecule has 1 atom stereocenters. The van der Waals surface area contributed by atoms with Gasteiger partial charge in [0.15, 0.2) is 0 Å². The van der Waals surface area contributed by atoms with Gasteiger partial charge in [0.25, 0.3) is 0 Å². The Morgan fingerprint density at radius 2 is 1.88 bits per heavy atom. The summed E-state index contributed by atoms with van der Waals surface area (Å²) >= 11 is 6.13. The van der Waals surface area contributed by atoms with Gasteiger partial charge in [-0.15, -0.1) is 0 Å². The van der Waals surface area contributed by atoms with E-state index < -0.39 is 0 Å². The Bertz CT molecular complexity index is 513. The van der Waals surface area contributed by atoms with Crippen LogP contribution in [0, 0.1) is 0 Å². The number of benzene rings is 2. The second-order valence-electron chi connectivity index (χ2n) is 3.94. The molecule has 2 aromatic carbocycles. The zero-order valence-corrected chi connectivity index (χ0v) is 10.3. The molecule has 2 nitrogen and oxygen atoms in total. The first-order valence-corrected chi connectivity index (χ1v) is 5.84. The molecule has 0 aromatic heterocycles. The fourth-order valence-corrected chi connectivity index (χ4v) is 2.05. The lowest BCUT2D eigenvalue weighted by atomic mass is 10.1. The normalized spacial score (nSPS) is 12.1. The molecule has 0 fully saturated rings. The topological polar surface area (TPSA) is 32.3 Å². The molecule has 1 unspecified atom stereocenters. The van der Waals surface area contributed by atoms with Crippen molar-refractivity contribution >= 4 is 17.3 Å². The molecule has 0 bridgehead atoms. The number of phenolic OH excluding ortho intramolecular Hbond substituents is 1. The van der Waals surface area contributed by atoms with E-state index in [-0.39, 0.29) is 11.8 Å². The van der Waals surface area contributed by atoms with E-state index in [1.807, 2.05) is 37.3 Å². The Morgan fingerprint density at radius 1 is 1.12 bits per heavy atom. The molecule has 2 rings (SSSR count). The highest BCUT2D eigenvalue weighted by Crippen LogP contribution is 2.26. The Balaban J connectivity index is 2.17. The second kappa shape index (κ2) is 5.11. The van der Waals surface area contributed by atoms with Crippen molar-refractivity contribution in [3.8, 4) is 5.75 Å². The van der Waals surface area contributed by atoms with Gasteiger partial charge < -0.3 is 10.4 Å². The van der Waals surface area contributed by atoms with Crippen molar-refractivity contribution in [1.29, 1.82) is 0 Å². The number of hydrogen-bond acceptors (Lipinski definition) is 2. The minimum Gasteiger partial charge on any atom is -0.508 e. The maximum atomic E-state index is 9.39. The molecule has 0 aliphatic heterocycles. The number of anilines is 1. The van der Waals surface area contributed by atoms with Crippen LogP contribution in [0.5, 0.6) is 5.75 Å². The van der Waals surface area contributed by atoms with Crippen LogP contribution >= 0.6 is 11.6 Å². The van der Waals surface area contributed by atoms with Crippen molar-refractivity contribution < 1.29 is 5.11 Å². The van der Waals surface area contributed by atoms with E-state index >= 15 is 0 Å². The molecule has 3 heteroatoms. The third-order valence-electron chi connectivity index (χ3n) is 2.60. The molecule has 2 N–H and O–H groups in total. The van der Waals surface area contributed by atoms with E-state index in [1.54, 1.807) is 18.2 Å². The summed E-state index contributed by atoms with van der Waals surface area (Å²) in [5, 5.41) is 13.4. The molecule has 0 spiro atoms. The van der Waals surface area contributed by atoms with Crippen LogP contribution in [0.2, 0.25) is 5.02 Å². The minimum atomic E-state index is 0.0884. The van der Waals surface area contributed by atoms with Crippen LogP contribution < -0.4 is 5.32 Å². The number of phenols is 1. The first-order chi connectivity index (χ1) is 8.16. The van der Waals surface area contributed by atoms with Crippen molar-refractivity contribution in [2.45, 2.75) is 13.0 Å².